The molecule has 0 spiro atoms. The number of ether oxygens (including phenoxy) is 2. The summed E-state index contributed by atoms with van der Waals surface area (Å²) in [4.78, 5) is 38.3. The molecule has 0 atom stereocenters. The molecule has 0 saturated heterocycles. The van der Waals surface area contributed by atoms with Crippen molar-refractivity contribution in [1.29, 1.82) is 0 Å². The summed E-state index contributed by atoms with van der Waals surface area (Å²) in [5, 5.41) is 2.54. The molecular weight excluding hydrogens is 516 g/mol. The molecular formula is C26H26N2O7S2. The number of hydrogen-bond donors (Lipinski definition) is 1. The lowest BCUT2D eigenvalue weighted by atomic mass is 10.1. The van der Waals surface area contributed by atoms with Crippen molar-refractivity contribution < 1.29 is 32.3 Å². The fourth-order valence-corrected chi connectivity index (χ4v) is 5.23. The molecule has 3 aromatic rings. The van der Waals surface area contributed by atoms with Gasteiger partial charge in [-0.25, -0.2) is 18.0 Å². The summed E-state index contributed by atoms with van der Waals surface area (Å²) >= 11 is 1.47. The topological polar surface area (TPSA) is 119 Å². The van der Waals surface area contributed by atoms with Crippen LogP contribution < -0.4 is 9.62 Å². The van der Waals surface area contributed by atoms with Crippen molar-refractivity contribution in [2.75, 3.05) is 36.6 Å². The number of sulfonamides is 1. The third-order valence-electron chi connectivity index (χ3n) is 5.38. The number of aryl methyl sites for hydroxylation is 1. The number of nitrogens with one attached hydrogen (secondary N) is 1. The fraction of sp³-hybridized carbons (Fsp3) is 0.192. The van der Waals surface area contributed by atoms with Crippen molar-refractivity contribution >= 4 is 51.0 Å². The Morgan fingerprint density at radius 2 is 1.51 bits per heavy atom. The summed E-state index contributed by atoms with van der Waals surface area (Å²) in [5.74, 6) is -2.16. The monoisotopic (exact) mass is 542 g/mol. The van der Waals surface area contributed by atoms with E-state index in [1.165, 1.54) is 56.3 Å². The van der Waals surface area contributed by atoms with E-state index in [9.17, 15) is 22.8 Å². The van der Waals surface area contributed by atoms with Gasteiger partial charge in [0.1, 0.15) is 6.54 Å². The second kappa shape index (κ2) is 11.9. The molecule has 0 bridgehead atoms. The predicted octanol–water partition coefficient (Wildman–Crippen LogP) is 4.12. The quantitative estimate of drug-likeness (QED) is 0.317. The number of carbonyl (C=O) groups is 3. The summed E-state index contributed by atoms with van der Waals surface area (Å²) in [6.07, 6.45) is 1.88. The number of carbonyl (C=O) groups excluding carboxylic acids is 3. The first-order chi connectivity index (χ1) is 17.6. The lowest BCUT2D eigenvalue weighted by Gasteiger charge is -2.24. The molecule has 0 fully saturated rings. The van der Waals surface area contributed by atoms with E-state index >= 15 is 0 Å². The average molecular weight is 543 g/mol. The number of esters is 2. The number of benzene rings is 3. The normalized spacial score (nSPS) is 10.9. The summed E-state index contributed by atoms with van der Waals surface area (Å²) in [6.45, 7) is 1.26. The zero-order valence-electron chi connectivity index (χ0n) is 20.7. The predicted molar refractivity (Wildman–Crippen MR) is 142 cm³/mol. The van der Waals surface area contributed by atoms with Gasteiger partial charge in [-0.1, -0.05) is 17.7 Å². The minimum atomic E-state index is -4.14. The molecule has 1 amide bonds. The maximum atomic E-state index is 13.6. The molecule has 0 aliphatic rings. The SMILES string of the molecule is COC(=O)c1ccc(C(=O)OC)c(NC(=O)CN(c2ccc(C)cc2)S(=O)(=O)c2ccc(SC)cc2)c1. The maximum Gasteiger partial charge on any atom is 0.339 e. The molecule has 9 nitrogen and oxygen atoms in total. The molecule has 194 valence electrons. The number of thioether (sulfide) groups is 1. The van der Waals surface area contributed by atoms with Gasteiger partial charge >= 0.3 is 11.9 Å². The van der Waals surface area contributed by atoms with Crippen LogP contribution in [0.5, 0.6) is 0 Å². The Hall–Kier alpha value is -3.83. The Balaban J connectivity index is 1.99. The van der Waals surface area contributed by atoms with E-state index in [-0.39, 0.29) is 27.4 Å². The Kier molecular flexibility index (Phi) is 8.95. The molecule has 11 heteroatoms. The number of methoxy groups -OCH3 is 2. The zero-order chi connectivity index (χ0) is 27.2. The maximum absolute atomic E-state index is 13.6. The summed E-state index contributed by atoms with van der Waals surface area (Å²) in [5.41, 5.74) is 1.25. The molecule has 0 saturated carbocycles. The number of rotatable bonds is 9. The van der Waals surface area contributed by atoms with Crippen LogP contribution in [-0.4, -0.2) is 53.3 Å². The van der Waals surface area contributed by atoms with E-state index in [0.717, 1.165) is 14.8 Å². The van der Waals surface area contributed by atoms with Gasteiger partial charge in [-0.3, -0.25) is 9.10 Å². The largest absolute Gasteiger partial charge is 0.465 e. The van der Waals surface area contributed by atoms with Gasteiger partial charge in [-0.15, -0.1) is 11.8 Å². The number of amides is 1. The molecule has 37 heavy (non-hydrogen) atoms. The van der Waals surface area contributed by atoms with Gasteiger partial charge in [0.25, 0.3) is 10.0 Å². The van der Waals surface area contributed by atoms with Gasteiger partial charge < -0.3 is 14.8 Å². The third-order valence-corrected chi connectivity index (χ3v) is 7.91. The Morgan fingerprint density at radius 1 is 0.892 bits per heavy atom. The van der Waals surface area contributed by atoms with Crippen LogP contribution in [0.15, 0.2) is 76.5 Å². The summed E-state index contributed by atoms with van der Waals surface area (Å²) in [7, 11) is -1.76. The lowest BCUT2D eigenvalue weighted by molar-refractivity contribution is -0.114. The van der Waals surface area contributed by atoms with E-state index in [0.29, 0.717) is 0 Å². The molecule has 0 radical (unpaired) electrons. The summed E-state index contributed by atoms with van der Waals surface area (Å²) in [6, 6.07) is 17.0. The highest BCUT2D eigenvalue weighted by molar-refractivity contribution is 7.98. The highest BCUT2D eigenvalue weighted by Gasteiger charge is 2.28. The van der Waals surface area contributed by atoms with E-state index in [2.05, 4.69) is 5.32 Å². The second-order valence-corrected chi connectivity index (χ2v) is 10.6. The first-order valence-corrected chi connectivity index (χ1v) is 13.6. The Labute approximate surface area is 219 Å². The first kappa shape index (κ1) is 27.8. The zero-order valence-corrected chi connectivity index (χ0v) is 22.3. The molecule has 0 aliphatic heterocycles. The van der Waals surface area contributed by atoms with Crippen LogP contribution in [0.4, 0.5) is 11.4 Å². The van der Waals surface area contributed by atoms with Gasteiger partial charge in [-0.05, 0) is 67.8 Å². The van der Waals surface area contributed by atoms with Crippen LogP contribution >= 0.6 is 11.8 Å². The van der Waals surface area contributed by atoms with Crippen molar-refractivity contribution in [3.05, 3.63) is 83.4 Å². The van der Waals surface area contributed by atoms with Crippen LogP contribution in [0.2, 0.25) is 0 Å². The van der Waals surface area contributed by atoms with Crippen LogP contribution in [0.25, 0.3) is 0 Å². The molecule has 1 N–H and O–H groups in total. The lowest BCUT2D eigenvalue weighted by Crippen LogP contribution is -2.38. The number of anilines is 2. The van der Waals surface area contributed by atoms with Crippen molar-refractivity contribution in [1.82, 2.24) is 0 Å². The smallest absolute Gasteiger partial charge is 0.339 e. The number of nitrogens with zero attached hydrogens (tertiary/aromatic N) is 1. The van der Waals surface area contributed by atoms with Crippen molar-refractivity contribution in [2.24, 2.45) is 0 Å². The van der Waals surface area contributed by atoms with E-state index in [4.69, 9.17) is 9.47 Å². The van der Waals surface area contributed by atoms with E-state index in [1.807, 2.05) is 13.2 Å². The summed E-state index contributed by atoms with van der Waals surface area (Å²) < 4.78 is 37.7. The van der Waals surface area contributed by atoms with Crippen molar-refractivity contribution in [3.8, 4) is 0 Å². The fourth-order valence-electron chi connectivity index (χ4n) is 3.40. The van der Waals surface area contributed by atoms with Gasteiger partial charge in [0.2, 0.25) is 5.91 Å². The third kappa shape index (κ3) is 6.49. The van der Waals surface area contributed by atoms with Gasteiger partial charge in [-0.2, -0.15) is 0 Å². The van der Waals surface area contributed by atoms with Crippen LogP contribution in [0, 0.1) is 6.92 Å². The Bertz CT molecular complexity index is 1400. The standard InChI is InChI=1S/C26H26N2O7S2/c1-17-5-8-19(9-6-17)28(37(32,33)21-12-10-20(36-4)11-13-21)16-24(29)27-23-15-18(25(30)34-2)7-14-22(23)26(31)35-3/h5-15H,16H2,1-4H3,(H,27,29). The minimum absolute atomic E-state index is 0.0131. The molecule has 0 heterocycles. The van der Waals surface area contributed by atoms with Gasteiger partial charge in [0.15, 0.2) is 0 Å². The first-order valence-electron chi connectivity index (χ1n) is 10.9. The van der Waals surface area contributed by atoms with Gasteiger partial charge in [0, 0.05) is 4.90 Å². The minimum Gasteiger partial charge on any atom is -0.465 e. The molecule has 0 aromatic heterocycles. The molecule has 0 aliphatic carbocycles. The Morgan fingerprint density at radius 3 is 2.08 bits per heavy atom. The molecule has 3 aromatic carbocycles. The van der Waals surface area contributed by atoms with E-state index in [1.54, 1.807) is 36.4 Å². The van der Waals surface area contributed by atoms with Crippen molar-refractivity contribution in [2.45, 2.75) is 16.7 Å². The highest BCUT2D eigenvalue weighted by atomic mass is 32.2. The molecule has 0 unspecified atom stereocenters. The van der Waals surface area contributed by atoms with Crippen LogP contribution in [0.3, 0.4) is 0 Å². The van der Waals surface area contributed by atoms with Crippen LogP contribution in [0.1, 0.15) is 26.3 Å². The molecule has 3 rings (SSSR count). The van der Waals surface area contributed by atoms with Crippen LogP contribution in [-0.2, 0) is 24.3 Å². The van der Waals surface area contributed by atoms with Crippen molar-refractivity contribution in [3.63, 3.8) is 0 Å². The second-order valence-electron chi connectivity index (χ2n) is 7.81. The highest BCUT2D eigenvalue weighted by Crippen LogP contribution is 2.26. The average Bonchev–Trinajstić information content (AvgIpc) is 2.91. The van der Waals surface area contributed by atoms with Gasteiger partial charge in [0.05, 0.1) is 41.6 Å². The van der Waals surface area contributed by atoms with E-state index < -0.39 is 34.4 Å². The number of hydrogen-bond acceptors (Lipinski definition) is 8.